The molecule has 2 fully saturated rings. The summed E-state index contributed by atoms with van der Waals surface area (Å²) in [5.74, 6) is -0.995. The molecule has 1 amide bonds. The summed E-state index contributed by atoms with van der Waals surface area (Å²) in [6, 6.07) is 0. The summed E-state index contributed by atoms with van der Waals surface area (Å²) in [5, 5.41) is 2.57. The first-order chi connectivity index (χ1) is 10.1. The van der Waals surface area contributed by atoms with Crippen molar-refractivity contribution >= 4 is 13.5 Å². The third kappa shape index (κ3) is 4.52. The first kappa shape index (κ1) is 17.9. The molecule has 22 heavy (non-hydrogen) atoms. The second kappa shape index (κ2) is 6.57. The van der Waals surface area contributed by atoms with Gasteiger partial charge in [0.2, 0.25) is 5.91 Å². The first-order valence-electron chi connectivity index (χ1n) is 7.78. The minimum atomic E-state index is -4.11. The first-order valence-corrected chi connectivity index (χ1v) is 9.57. The van der Waals surface area contributed by atoms with E-state index in [4.69, 9.17) is 19.3 Å². The van der Waals surface area contributed by atoms with Crippen LogP contribution < -0.4 is 5.32 Å². The molecule has 1 atom stereocenters. The zero-order valence-corrected chi connectivity index (χ0v) is 14.1. The Morgan fingerprint density at radius 2 is 1.91 bits per heavy atom. The monoisotopic (exact) mass is 335 g/mol. The smallest absolute Gasteiger partial charge is 0.327 e. The SMILES string of the molecule is CC1(C)COC2(CCCCC2)O[C@H]1C(=O)NCCP(=O)(O)O. The summed E-state index contributed by atoms with van der Waals surface area (Å²) in [7, 11) is -4.11. The van der Waals surface area contributed by atoms with Crippen LogP contribution in [0.25, 0.3) is 0 Å². The van der Waals surface area contributed by atoms with Gasteiger partial charge >= 0.3 is 7.60 Å². The van der Waals surface area contributed by atoms with Crippen molar-refractivity contribution in [2.45, 2.75) is 57.8 Å². The quantitative estimate of drug-likeness (QED) is 0.671. The summed E-state index contributed by atoms with van der Waals surface area (Å²) in [6.45, 7) is 4.17. The lowest BCUT2D eigenvalue weighted by molar-refractivity contribution is -0.331. The van der Waals surface area contributed by atoms with Gasteiger partial charge in [-0.05, 0) is 12.8 Å². The van der Waals surface area contributed by atoms with Crippen molar-refractivity contribution in [1.29, 1.82) is 0 Å². The van der Waals surface area contributed by atoms with Crippen molar-refractivity contribution in [1.82, 2.24) is 5.32 Å². The van der Waals surface area contributed by atoms with Crippen molar-refractivity contribution in [3.05, 3.63) is 0 Å². The van der Waals surface area contributed by atoms with E-state index in [0.29, 0.717) is 6.61 Å². The summed E-state index contributed by atoms with van der Waals surface area (Å²) < 4.78 is 22.8. The van der Waals surface area contributed by atoms with E-state index in [9.17, 15) is 9.36 Å². The van der Waals surface area contributed by atoms with Crippen molar-refractivity contribution in [3.63, 3.8) is 0 Å². The molecule has 0 bridgehead atoms. The van der Waals surface area contributed by atoms with Crippen molar-refractivity contribution in [3.8, 4) is 0 Å². The average molecular weight is 335 g/mol. The molecule has 0 aromatic heterocycles. The molecule has 8 heteroatoms. The van der Waals surface area contributed by atoms with Gasteiger partial charge in [0.25, 0.3) is 0 Å². The zero-order chi connectivity index (χ0) is 16.4. The van der Waals surface area contributed by atoms with Gasteiger partial charge in [0.1, 0.15) is 6.10 Å². The lowest BCUT2D eigenvalue weighted by atomic mass is 9.83. The number of hydrogen-bond acceptors (Lipinski definition) is 4. The molecule has 1 aliphatic heterocycles. The minimum absolute atomic E-state index is 0.0626. The normalized spacial score (nSPS) is 27.5. The van der Waals surface area contributed by atoms with Crippen LogP contribution in [0, 0.1) is 5.41 Å². The predicted molar refractivity (Wildman–Crippen MR) is 80.3 cm³/mol. The Hall–Kier alpha value is -0.460. The van der Waals surface area contributed by atoms with E-state index < -0.39 is 24.9 Å². The number of rotatable bonds is 4. The number of carbonyl (C=O) groups excluding carboxylic acids is 1. The molecule has 0 aromatic carbocycles. The Morgan fingerprint density at radius 1 is 1.27 bits per heavy atom. The molecule has 0 unspecified atom stereocenters. The summed E-state index contributed by atoms with van der Waals surface area (Å²) in [4.78, 5) is 30.1. The fourth-order valence-electron chi connectivity index (χ4n) is 2.98. The molecule has 2 rings (SSSR count). The van der Waals surface area contributed by atoms with Gasteiger partial charge in [-0.2, -0.15) is 0 Å². The zero-order valence-electron chi connectivity index (χ0n) is 13.2. The van der Waals surface area contributed by atoms with Crippen LogP contribution in [0.5, 0.6) is 0 Å². The van der Waals surface area contributed by atoms with Crippen LogP contribution in [0.2, 0.25) is 0 Å². The number of nitrogens with one attached hydrogen (secondary N) is 1. The van der Waals surface area contributed by atoms with Crippen LogP contribution in [0.4, 0.5) is 0 Å². The van der Waals surface area contributed by atoms with Crippen LogP contribution >= 0.6 is 7.60 Å². The maximum atomic E-state index is 12.4. The van der Waals surface area contributed by atoms with Gasteiger partial charge in [-0.1, -0.05) is 20.3 Å². The fourth-order valence-corrected chi connectivity index (χ4v) is 3.38. The molecule has 0 aromatic rings. The summed E-state index contributed by atoms with van der Waals surface area (Å²) in [6.07, 6.45) is 3.73. The topological polar surface area (TPSA) is 105 Å². The largest absolute Gasteiger partial charge is 0.353 e. The second-order valence-corrected chi connectivity index (χ2v) is 8.70. The second-order valence-electron chi connectivity index (χ2n) is 6.93. The molecule has 1 spiro atoms. The maximum absolute atomic E-state index is 12.4. The van der Waals surface area contributed by atoms with Gasteiger partial charge in [-0.3, -0.25) is 9.36 Å². The van der Waals surface area contributed by atoms with Gasteiger partial charge in [0.05, 0.1) is 12.8 Å². The highest BCUT2D eigenvalue weighted by molar-refractivity contribution is 7.51. The molecule has 128 valence electrons. The van der Waals surface area contributed by atoms with E-state index >= 15 is 0 Å². The van der Waals surface area contributed by atoms with Gasteiger partial charge in [-0.15, -0.1) is 0 Å². The Kier molecular flexibility index (Phi) is 5.34. The van der Waals surface area contributed by atoms with Crippen molar-refractivity contribution in [2.24, 2.45) is 5.41 Å². The highest BCUT2D eigenvalue weighted by Gasteiger charge is 2.49. The van der Waals surface area contributed by atoms with Crippen LogP contribution in [0.15, 0.2) is 0 Å². The summed E-state index contributed by atoms with van der Waals surface area (Å²) >= 11 is 0. The Bertz CT molecular complexity index is 454. The molecular weight excluding hydrogens is 309 g/mol. The summed E-state index contributed by atoms with van der Waals surface area (Å²) in [5.41, 5.74) is -0.477. The fraction of sp³-hybridized carbons (Fsp3) is 0.929. The molecule has 3 N–H and O–H groups in total. The van der Waals surface area contributed by atoms with Crippen LogP contribution in [-0.4, -0.2) is 46.9 Å². The number of carbonyl (C=O) groups is 1. The molecule has 2 aliphatic rings. The molecular formula is C14H26NO6P. The number of amides is 1. The van der Waals surface area contributed by atoms with E-state index in [1.54, 1.807) is 0 Å². The van der Waals surface area contributed by atoms with Gasteiger partial charge in [-0.25, -0.2) is 0 Å². The van der Waals surface area contributed by atoms with E-state index in [1.807, 2.05) is 13.8 Å². The molecule has 0 radical (unpaired) electrons. The van der Waals surface area contributed by atoms with E-state index in [2.05, 4.69) is 5.32 Å². The van der Waals surface area contributed by atoms with Crippen LogP contribution in [-0.2, 0) is 18.8 Å². The van der Waals surface area contributed by atoms with Crippen LogP contribution in [0.1, 0.15) is 46.0 Å². The highest BCUT2D eigenvalue weighted by atomic mass is 31.2. The van der Waals surface area contributed by atoms with E-state index in [-0.39, 0.29) is 18.6 Å². The Morgan fingerprint density at radius 3 is 2.50 bits per heavy atom. The standard InChI is InChI=1S/C14H26NO6P/c1-13(2)10-20-14(6-4-3-5-7-14)21-11(13)12(16)15-8-9-22(17,18)19/h11H,3-10H2,1-2H3,(H,15,16)(H2,17,18,19)/t11-/m0/s1. The molecule has 1 heterocycles. The van der Waals surface area contributed by atoms with Gasteiger partial charge < -0.3 is 24.6 Å². The highest BCUT2D eigenvalue weighted by Crippen LogP contribution is 2.42. The molecule has 7 nitrogen and oxygen atoms in total. The Balaban J connectivity index is 1.98. The lowest BCUT2D eigenvalue weighted by Crippen LogP contribution is -2.59. The van der Waals surface area contributed by atoms with Crippen LogP contribution in [0.3, 0.4) is 0 Å². The molecule has 1 aliphatic carbocycles. The average Bonchev–Trinajstić information content (AvgIpc) is 2.41. The maximum Gasteiger partial charge on any atom is 0.327 e. The van der Waals surface area contributed by atoms with Crippen molar-refractivity contribution < 1.29 is 28.6 Å². The van der Waals surface area contributed by atoms with Gasteiger partial charge in [0.15, 0.2) is 5.79 Å². The molecule has 1 saturated carbocycles. The predicted octanol–water partition coefficient (Wildman–Crippen LogP) is 1.38. The van der Waals surface area contributed by atoms with Gasteiger partial charge in [0, 0.05) is 24.8 Å². The van der Waals surface area contributed by atoms with Crippen molar-refractivity contribution in [2.75, 3.05) is 19.3 Å². The Labute approximate surface area is 130 Å². The molecule has 1 saturated heterocycles. The minimum Gasteiger partial charge on any atom is -0.353 e. The number of ether oxygens (including phenoxy) is 2. The van der Waals surface area contributed by atoms with E-state index in [0.717, 1.165) is 32.1 Å². The third-order valence-electron chi connectivity index (χ3n) is 4.31. The lowest BCUT2D eigenvalue weighted by Gasteiger charge is -2.49. The third-order valence-corrected chi connectivity index (χ3v) is 5.11. The number of hydrogen-bond donors (Lipinski definition) is 3. The van der Waals surface area contributed by atoms with E-state index in [1.165, 1.54) is 0 Å².